The van der Waals surface area contributed by atoms with Crippen LogP contribution in [0, 0.1) is 0 Å². The van der Waals surface area contributed by atoms with Gasteiger partial charge in [-0.3, -0.25) is 4.79 Å². The zero-order chi connectivity index (χ0) is 16.2. The summed E-state index contributed by atoms with van der Waals surface area (Å²) < 4.78 is 0.879. The molecule has 0 spiro atoms. The molecule has 1 fully saturated rings. The fourth-order valence-electron chi connectivity index (χ4n) is 2.72. The molecule has 120 valence electrons. The summed E-state index contributed by atoms with van der Waals surface area (Å²) in [6.45, 7) is 2.11. The van der Waals surface area contributed by atoms with Gasteiger partial charge in [-0.05, 0) is 40.4 Å². The number of amides is 1. The van der Waals surface area contributed by atoms with Crippen molar-refractivity contribution in [1.29, 1.82) is 0 Å². The number of likely N-dealkylation sites (tertiary alicyclic amines) is 1. The first-order valence-electron chi connectivity index (χ1n) is 7.51. The van der Waals surface area contributed by atoms with Crippen LogP contribution in [0.3, 0.4) is 0 Å². The lowest BCUT2D eigenvalue weighted by molar-refractivity contribution is 0.100. The van der Waals surface area contributed by atoms with Crippen molar-refractivity contribution in [2.24, 2.45) is 5.73 Å². The molecule has 2 heterocycles. The van der Waals surface area contributed by atoms with Gasteiger partial charge in [0.2, 0.25) is 0 Å². The molecule has 0 unspecified atom stereocenters. The van der Waals surface area contributed by atoms with E-state index in [0.29, 0.717) is 4.88 Å². The third-order valence-electron chi connectivity index (χ3n) is 3.81. The molecule has 1 aliphatic rings. The van der Waals surface area contributed by atoms with Crippen molar-refractivity contribution >= 4 is 44.6 Å². The first kappa shape index (κ1) is 16.1. The Morgan fingerprint density at radius 1 is 1.26 bits per heavy atom. The topological polar surface area (TPSA) is 58.4 Å². The molecule has 1 amide bonds. The third-order valence-corrected chi connectivity index (χ3v) is 5.46. The quantitative estimate of drug-likeness (QED) is 0.805. The first-order chi connectivity index (χ1) is 11.1. The summed E-state index contributed by atoms with van der Waals surface area (Å²) in [6.07, 6.45) is 4.39. The minimum atomic E-state index is -0.418. The maximum atomic E-state index is 11.5. The molecule has 23 heavy (non-hydrogen) atoms. The fraction of sp³-hybridized carbons (Fsp3) is 0.235. The Morgan fingerprint density at radius 2 is 1.96 bits per heavy atom. The molecule has 2 aromatic rings. The Hall–Kier alpha value is -1.79. The van der Waals surface area contributed by atoms with Crippen LogP contribution in [0.1, 0.15) is 28.1 Å². The first-order valence-corrected chi connectivity index (χ1v) is 9.12. The van der Waals surface area contributed by atoms with Crippen LogP contribution in [0.15, 0.2) is 46.4 Å². The smallest absolute Gasteiger partial charge is 0.260 e. The number of hydrogen-bond acceptors (Lipinski definition) is 4. The molecule has 0 bridgehead atoms. The second-order valence-electron chi connectivity index (χ2n) is 5.39. The maximum Gasteiger partial charge on any atom is 0.260 e. The fourth-order valence-corrected chi connectivity index (χ4v) is 4.14. The highest BCUT2D eigenvalue weighted by atomic mass is 79.9. The number of halogens is 1. The Kier molecular flexibility index (Phi) is 5.03. The van der Waals surface area contributed by atoms with Gasteiger partial charge >= 0.3 is 0 Å². The van der Waals surface area contributed by atoms with Crippen molar-refractivity contribution in [1.82, 2.24) is 4.90 Å². The maximum absolute atomic E-state index is 11.5. The Morgan fingerprint density at radius 3 is 2.61 bits per heavy atom. The van der Waals surface area contributed by atoms with Gasteiger partial charge in [0.1, 0.15) is 4.88 Å². The lowest BCUT2D eigenvalue weighted by Gasteiger charge is -2.22. The summed E-state index contributed by atoms with van der Waals surface area (Å²) in [4.78, 5) is 14.4. The third kappa shape index (κ3) is 3.76. The Bertz CT molecular complexity index is 721. The van der Waals surface area contributed by atoms with E-state index in [1.54, 1.807) is 0 Å². The summed E-state index contributed by atoms with van der Waals surface area (Å²) in [5.41, 5.74) is 8.49. The molecule has 0 aliphatic carbocycles. The van der Waals surface area contributed by atoms with Crippen molar-refractivity contribution in [3.8, 4) is 0 Å². The molecule has 3 N–H and O–H groups in total. The van der Waals surface area contributed by atoms with Crippen LogP contribution in [0.2, 0.25) is 0 Å². The molecule has 1 aliphatic heterocycles. The monoisotopic (exact) mass is 391 g/mol. The number of carbonyl (C=O) groups excluding carboxylic acids is 1. The molecular weight excluding hydrogens is 374 g/mol. The van der Waals surface area contributed by atoms with Gasteiger partial charge in [0.25, 0.3) is 5.91 Å². The zero-order valence-electron chi connectivity index (χ0n) is 12.6. The molecule has 1 saturated heterocycles. The number of nitrogens with two attached hydrogens (primary N) is 1. The van der Waals surface area contributed by atoms with Gasteiger partial charge < -0.3 is 16.0 Å². The number of nitrogens with one attached hydrogen (secondary N) is 1. The number of hydrogen-bond donors (Lipinski definition) is 2. The molecule has 0 radical (unpaired) electrons. The minimum absolute atomic E-state index is 0.418. The molecule has 6 heteroatoms. The SMILES string of the molecule is NC(=O)c1sc(Br)cc1NC=C(c1ccccc1)N1CCCC1. The van der Waals surface area contributed by atoms with Crippen molar-refractivity contribution < 1.29 is 4.79 Å². The molecule has 4 nitrogen and oxygen atoms in total. The minimum Gasteiger partial charge on any atom is -0.370 e. The average molecular weight is 392 g/mol. The highest BCUT2D eigenvalue weighted by Crippen LogP contribution is 2.32. The van der Waals surface area contributed by atoms with Crippen LogP contribution in [0.5, 0.6) is 0 Å². The van der Waals surface area contributed by atoms with Gasteiger partial charge in [-0.25, -0.2) is 0 Å². The lowest BCUT2D eigenvalue weighted by Crippen LogP contribution is -2.18. The molecule has 0 saturated carbocycles. The number of rotatable bonds is 5. The lowest BCUT2D eigenvalue weighted by atomic mass is 10.1. The van der Waals surface area contributed by atoms with E-state index in [0.717, 1.165) is 33.8 Å². The molecule has 3 rings (SSSR count). The van der Waals surface area contributed by atoms with Crippen LogP contribution in [0.4, 0.5) is 5.69 Å². The number of carbonyl (C=O) groups is 1. The van der Waals surface area contributed by atoms with Crippen LogP contribution >= 0.6 is 27.3 Å². The number of primary amides is 1. The highest BCUT2D eigenvalue weighted by molar-refractivity contribution is 9.11. The molecule has 1 aromatic heterocycles. The van der Waals surface area contributed by atoms with E-state index in [9.17, 15) is 4.79 Å². The van der Waals surface area contributed by atoms with Gasteiger partial charge in [-0.15, -0.1) is 11.3 Å². The van der Waals surface area contributed by atoms with Crippen LogP contribution in [-0.4, -0.2) is 23.9 Å². The second kappa shape index (κ2) is 7.19. The van der Waals surface area contributed by atoms with Crippen molar-refractivity contribution in [3.05, 3.63) is 56.8 Å². The highest BCUT2D eigenvalue weighted by Gasteiger charge is 2.17. The van der Waals surface area contributed by atoms with E-state index in [-0.39, 0.29) is 0 Å². The van der Waals surface area contributed by atoms with Crippen molar-refractivity contribution in [2.45, 2.75) is 12.8 Å². The number of benzene rings is 1. The second-order valence-corrected chi connectivity index (χ2v) is 7.82. The summed E-state index contributed by atoms with van der Waals surface area (Å²) in [7, 11) is 0. The molecular formula is C17H18BrN3OS. The van der Waals surface area contributed by atoms with E-state index in [2.05, 4.69) is 38.3 Å². The Balaban J connectivity index is 1.91. The van der Waals surface area contributed by atoms with Crippen LogP contribution in [0.25, 0.3) is 5.70 Å². The number of thiophene rings is 1. The molecule has 1 aromatic carbocycles. The summed E-state index contributed by atoms with van der Waals surface area (Å²) >= 11 is 4.75. The largest absolute Gasteiger partial charge is 0.370 e. The van der Waals surface area contributed by atoms with Crippen molar-refractivity contribution in [2.75, 3.05) is 18.4 Å². The van der Waals surface area contributed by atoms with Gasteiger partial charge in [0, 0.05) is 19.3 Å². The number of nitrogens with zero attached hydrogens (tertiary/aromatic N) is 1. The van der Waals surface area contributed by atoms with Gasteiger partial charge in [-0.1, -0.05) is 30.3 Å². The van der Waals surface area contributed by atoms with Crippen LogP contribution < -0.4 is 11.1 Å². The number of anilines is 1. The van der Waals surface area contributed by atoms with Gasteiger partial charge in [0.15, 0.2) is 0 Å². The Labute approximate surface area is 148 Å². The van der Waals surface area contributed by atoms with E-state index >= 15 is 0 Å². The van der Waals surface area contributed by atoms with E-state index in [1.165, 1.54) is 24.2 Å². The predicted molar refractivity (Wildman–Crippen MR) is 99.4 cm³/mol. The van der Waals surface area contributed by atoms with Crippen LogP contribution in [-0.2, 0) is 0 Å². The standard InChI is InChI=1S/C17H18BrN3OS/c18-15-10-13(16(23-15)17(19)22)20-11-14(21-8-4-5-9-21)12-6-2-1-3-7-12/h1-3,6-7,10-11,20H,4-5,8-9H2,(H2,19,22). The summed E-state index contributed by atoms with van der Waals surface area (Å²) in [5, 5.41) is 3.27. The zero-order valence-corrected chi connectivity index (χ0v) is 15.0. The average Bonchev–Trinajstić information content (AvgIpc) is 3.18. The van der Waals surface area contributed by atoms with Gasteiger partial charge in [-0.2, -0.15) is 0 Å². The normalized spacial score (nSPS) is 15.0. The van der Waals surface area contributed by atoms with Crippen molar-refractivity contribution in [3.63, 3.8) is 0 Å². The van der Waals surface area contributed by atoms with Gasteiger partial charge in [0.05, 0.1) is 15.2 Å². The summed E-state index contributed by atoms with van der Waals surface area (Å²) in [6, 6.07) is 12.2. The van der Waals surface area contributed by atoms with E-state index in [4.69, 9.17) is 5.73 Å². The van der Waals surface area contributed by atoms with E-state index in [1.807, 2.05) is 30.5 Å². The molecule has 0 atom stereocenters. The summed E-state index contributed by atoms with van der Waals surface area (Å²) in [5.74, 6) is -0.418. The predicted octanol–water partition coefficient (Wildman–Crippen LogP) is 4.12. The van der Waals surface area contributed by atoms with E-state index < -0.39 is 5.91 Å².